The molecule has 1 aromatic rings. The Bertz CT molecular complexity index is 581. The summed E-state index contributed by atoms with van der Waals surface area (Å²) in [6.45, 7) is 0.961. The van der Waals surface area contributed by atoms with Gasteiger partial charge < -0.3 is 10.6 Å². The van der Waals surface area contributed by atoms with Crippen molar-refractivity contribution in [3.63, 3.8) is 0 Å². The number of carbonyl (C=O) groups is 1. The Kier molecular flexibility index (Phi) is 2.52. The first-order chi connectivity index (χ1) is 10.7. The van der Waals surface area contributed by atoms with Crippen molar-refractivity contribution in [3.8, 4) is 0 Å². The molecule has 4 saturated carbocycles. The molecule has 22 heavy (non-hydrogen) atoms. The van der Waals surface area contributed by atoms with Crippen LogP contribution in [0.2, 0.25) is 0 Å². The van der Waals surface area contributed by atoms with Gasteiger partial charge in [0.25, 0.3) is 0 Å². The van der Waals surface area contributed by atoms with Crippen LogP contribution in [0.3, 0.4) is 0 Å². The van der Waals surface area contributed by atoms with Crippen molar-refractivity contribution >= 4 is 5.91 Å². The quantitative estimate of drug-likeness (QED) is 0.833. The van der Waals surface area contributed by atoms with Gasteiger partial charge in [-0.1, -0.05) is 0 Å². The molecule has 7 heteroatoms. The summed E-state index contributed by atoms with van der Waals surface area (Å²) in [7, 11) is 0. The van der Waals surface area contributed by atoms with Gasteiger partial charge in [-0.05, 0) is 68.5 Å². The van der Waals surface area contributed by atoms with Gasteiger partial charge in [0.2, 0.25) is 5.91 Å². The lowest BCUT2D eigenvalue weighted by Gasteiger charge is -2.61. The Morgan fingerprint density at radius 1 is 1.27 bits per heavy atom. The van der Waals surface area contributed by atoms with Gasteiger partial charge in [-0.3, -0.25) is 4.79 Å². The second-order valence-electron chi connectivity index (χ2n) is 7.98. The predicted octanol–water partition coefficient (Wildman–Crippen LogP) is 0.199. The molecule has 3 atom stereocenters. The molecule has 3 unspecified atom stereocenters. The fourth-order valence-electron chi connectivity index (χ4n) is 5.84. The number of amides is 1. The Hall–Kier alpha value is -1.50. The maximum atomic E-state index is 12.5. The van der Waals surface area contributed by atoms with Crippen molar-refractivity contribution in [2.75, 3.05) is 6.54 Å². The van der Waals surface area contributed by atoms with Crippen LogP contribution in [0.1, 0.15) is 44.9 Å². The van der Waals surface area contributed by atoms with E-state index in [2.05, 4.69) is 26.0 Å². The minimum absolute atomic E-state index is 0.0217. The smallest absolute Gasteiger partial charge is 0.237 e. The maximum absolute atomic E-state index is 12.5. The number of rotatable bonds is 3. The summed E-state index contributed by atoms with van der Waals surface area (Å²) in [4.78, 5) is 14.3. The van der Waals surface area contributed by atoms with Crippen LogP contribution in [0.4, 0.5) is 0 Å². The lowest BCUT2D eigenvalue weighted by atomic mass is 9.50. The van der Waals surface area contributed by atoms with Gasteiger partial charge >= 0.3 is 0 Å². The highest BCUT2D eigenvalue weighted by molar-refractivity contribution is 5.83. The van der Waals surface area contributed by atoms with E-state index in [0.717, 1.165) is 45.1 Å². The predicted molar refractivity (Wildman–Crippen MR) is 77.8 cm³/mol. The summed E-state index contributed by atoms with van der Waals surface area (Å²) in [6, 6.07) is 0.0217. The zero-order chi connectivity index (χ0) is 14.8. The van der Waals surface area contributed by atoms with Gasteiger partial charge in [0.1, 0.15) is 0 Å². The van der Waals surface area contributed by atoms with E-state index in [4.69, 9.17) is 0 Å². The normalized spacial score (nSPS) is 45.5. The van der Waals surface area contributed by atoms with Crippen molar-refractivity contribution in [1.82, 2.24) is 30.8 Å². The van der Waals surface area contributed by atoms with E-state index in [1.807, 2.05) is 4.80 Å². The first-order valence-corrected chi connectivity index (χ1v) is 8.45. The fraction of sp³-hybridized carbons (Fsp3) is 0.867. The van der Waals surface area contributed by atoms with Crippen molar-refractivity contribution in [1.29, 1.82) is 0 Å². The summed E-state index contributed by atoms with van der Waals surface area (Å²) in [5.41, 5.74) is -0.0764. The number of nitrogens with one attached hydrogen (secondary N) is 2. The SMILES string of the molecule is O=C(NC12CC3CC(C1)CC(n1ncnn1)(C3)C2)C1CCN1. The molecule has 0 spiro atoms. The minimum atomic E-state index is -0.0495. The highest BCUT2D eigenvalue weighted by Gasteiger charge is 2.60. The second-order valence-corrected chi connectivity index (χ2v) is 7.98. The Balaban J connectivity index is 1.45. The molecular weight excluding hydrogens is 280 g/mol. The number of hydrogen-bond donors (Lipinski definition) is 2. The van der Waals surface area contributed by atoms with Crippen LogP contribution in [0, 0.1) is 11.8 Å². The van der Waals surface area contributed by atoms with Gasteiger partial charge in [-0.2, -0.15) is 4.80 Å². The molecule has 1 aliphatic heterocycles. The third kappa shape index (κ3) is 1.77. The Labute approximate surface area is 129 Å². The number of aromatic nitrogens is 4. The zero-order valence-electron chi connectivity index (χ0n) is 12.7. The van der Waals surface area contributed by atoms with E-state index in [-0.39, 0.29) is 23.0 Å². The third-order valence-electron chi connectivity index (χ3n) is 6.33. The lowest BCUT2D eigenvalue weighted by molar-refractivity contribution is -0.134. The minimum Gasteiger partial charge on any atom is -0.349 e. The maximum Gasteiger partial charge on any atom is 0.237 e. The van der Waals surface area contributed by atoms with E-state index >= 15 is 0 Å². The van der Waals surface area contributed by atoms with E-state index in [0.29, 0.717) is 11.8 Å². The summed E-state index contributed by atoms with van der Waals surface area (Å²) < 4.78 is 0. The molecule has 6 rings (SSSR count). The number of tetrazole rings is 1. The average molecular weight is 302 g/mol. The van der Waals surface area contributed by atoms with Crippen molar-refractivity contribution in [3.05, 3.63) is 6.33 Å². The number of hydrogen-bond acceptors (Lipinski definition) is 5. The van der Waals surface area contributed by atoms with Gasteiger partial charge in [-0.15, -0.1) is 10.2 Å². The Morgan fingerprint density at radius 3 is 2.64 bits per heavy atom. The second kappa shape index (κ2) is 4.28. The molecule has 1 amide bonds. The highest BCUT2D eigenvalue weighted by atomic mass is 16.2. The molecule has 4 aliphatic carbocycles. The summed E-state index contributed by atoms with van der Waals surface area (Å²) in [5.74, 6) is 1.55. The lowest BCUT2D eigenvalue weighted by Crippen LogP contribution is -2.68. The number of nitrogens with zero attached hydrogens (tertiary/aromatic N) is 4. The monoisotopic (exact) mass is 302 g/mol. The van der Waals surface area contributed by atoms with Gasteiger partial charge in [0, 0.05) is 5.54 Å². The first-order valence-electron chi connectivity index (χ1n) is 8.45. The molecule has 118 valence electrons. The molecule has 0 radical (unpaired) electrons. The summed E-state index contributed by atoms with van der Waals surface area (Å²) in [5, 5.41) is 19.1. The van der Waals surface area contributed by atoms with Gasteiger partial charge in [0.15, 0.2) is 6.33 Å². The summed E-state index contributed by atoms with van der Waals surface area (Å²) in [6.07, 6.45) is 9.28. The molecule has 1 aromatic heterocycles. The highest BCUT2D eigenvalue weighted by Crippen LogP contribution is 2.60. The van der Waals surface area contributed by atoms with Crippen molar-refractivity contribution < 1.29 is 4.79 Å². The third-order valence-corrected chi connectivity index (χ3v) is 6.33. The Morgan fingerprint density at radius 2 is 2.05 bits per heavy atom. The molecule has 7 nitrogen and oxygen atoms in total. The van der Waals surface area contributed by atoms with Crippen LogP contribution in [0.5, 0.6) is 0 Å². The van der Waals surface area contributed by atoms with E-state index in [9.17, 15) is 4.79 Å². The van der Waals surface area contributed by atoms with Crippen LogP contribution >= 0.6 is 0 Å². The molecule has 1 saturated heterocycles. The van der Waals surface area contributed by atoms with Gasteiger partial charge in [0.05, 0.1) is 11.6 Å². The molecule has 5 aliphatic rings. The molecule has 4 bridgehead atoms. The standard InChI is InChI=1S/C15H22N6O/c22-13(12-1-2-16-12)19-14-4-10-3-11(5-14)7-15(6-10,8-14)21-18-9-17-20-21/h9-12,16H,1-8H2,(H,19,22). The molecule has 2 N–H and O–H groups in total. The van der Waals surface area contributed by atoms with E-state index in [1.165, 1.54) is 12.7 Å². The van der Waals surface area contributed by atoms with Crippen LogP contribution in [0.25, 0.3) is 0 Å². The van der Waals surface area contributed by atoms with Crippen LogP contribution in [-0.4, -0.2) is 44.2 Å². The van der Waals surface area contributed by atoms with Crippen LogP contribution in [0.15, 0.2) is 6.33 Å². The van der Waals surface area contributed by atoms with Crippen molar-refractivity contribution in [2.45, 2.75) is 62.1 Å². The van der Waals surface area contributed by atoms with E-state index in [1.54, 1.807) is 0 Å². The number of carbonyl (C=O) groups excluding carboxylic acids is 1. The summed E-state index contributed by atoms with van der Waals surface area (Å²) >= 11 is 0. The van der Waals surface area contributed by atoms with Crippen LogP contribution in [-0.2, 0) is 10.3 Å². The van der Waals surface area contributed by atoms with Crippen molar-refractivity contribution in [2.24, 2.45) is 11.8 Å². The molecule has 2 heterocycles. The van der Waals surface area contributed by atoms with E-state index < -0.39 is 0 Å². The van der Waals surface area contributed by atoms with Gasteiger partial charge in [-0.25, -0.2) is 0 Å². The molecule has 5 fully saturated rings. The average Bonchev–Trinajstić information content (AvgIpc) is 2.87. The zero-order valence-corrected chi connectivity index (χ0v) is 12.7. The molecular formula is C15H22N6O. The van der Waals surface area contributed by atoms with Crippen LogP contribution < -0.4 is 10.6 Å². The first kappa shape index (κ1) is 13.0. The topological polar surface area (TPSA) is 84.7 Å². The molecule has 0 aromatic carbocycles. The fourth-order valence-corrected chi connectivity index (χ4v) is 5.84. The largest absolute Gasteiger partial charge is 0.349 e.